The Bertz CT molecular complexity index is 1020. The molecule has 1 heterocycles. The van der Waals surface area contributed by atoms with Gasteiger partial charge in [-0.25, -0.2) is 4.79 Å². The summed E-state index contributed by atoms with van der Waals surface area (Å²) < 4.78 is 17.3. The number of hydrogen-bond acceptors (Lipinski definition) is 5. The number of carbonyl (C=O) groups excluding carboxylic acids is 2. The van der Waals surface area contributed by atoms with E-state index in [0.717, 1.165) is 16.5 Å². The normalized spacial score (nSPS) is 10.6. The molecule has 7 nitrogen and oxygen atoms in total. The third-order valence-electron chi connectivity index (χ3n) is 4.81. The number of amides is 1. The van der Waals surface area contributed by atoms with E-state index in [0.29, 0.717) is 30.0 Å². The van der Waals surface area contributed by atoms with Gasteiger partial charge in [-0.2, -0.15) is 0 Å². The van der Waals surface area contributed by atoms with Crippen molar-refractivity contribution in [2.75, 3.05) is 26.2 Å². The minimum absolute atomic E-state index is 0.242. The lowest BCUT2D eigenvalue weighted by atomic mass is 10.1. The maximum absolute atomic E-state index is 12.5. The number of rotatable bonds is 6. The molecule has 0 N–H and O–H groups in total. The maximum atomic E-state index is 12.5. The first-order valence-electron chi connectivity index (χ1n) is 9.17. The van der Waals surface area contributed by atoms with Gasteiger partial charge in [0.25, 0.3) is 0 Å². The lowest BCUT2D eigenvalue weighted by molar-refractivity contribution is -0.140. The van der Waals surface area contributed by atoms with Gasteiger partial charge in [0.15, 0.2) is 0 Å². The van der Waals surface area contributed by atoms with Crippen molar-refractivity contribution >= 4 is 28.7 Å². The number of ether oxygens (including phenoxy) is 3. The van der Waals surface area contributed by atoms with E-state index in [2.05, 4.69) is 0 Å². The van der Waals surface area contributed by atoms with Gasteiger partial charge in [0.1, 0.15) is 11.5 Å². The highest BCUT2D eigenvalue weighted by atomic mass is 16.6. The molecule has 0 aliphatic carbocycles. The predicted molar refractivity (Wildman–Crippen MR) is 111 cm³/mol. The largest absolute Gasteiger partial charge is 0.497 e. The van der Waals surface area contributed by atoms with Crippen molar-refractivity contribution in [1.82, 2.24) is 4.57 Å². The van der Waals surface area contributed by atoms with Crippen molar-refractivity contribution in [1.29, 1.82) is 0 Å². The Labute approximate surface area is 169 Å². The van der Waals surface area contributed by atoms with Crippen molar-refractivity contribution in [2.45, 2.75) is 12.8 Å². The van der Waals surface area contributed by atoms with Crippen molar-refractivity contribution < 1.29 is 23.8 Å². The second-order valence-electron chi connectivity index (χ2n) is 6.65. The van der Waals surface area contributed by atoms with Crippen molar-refractivity contribution in [3.8, 4) is 11.5 Å². The highest BCUT2D eigenvalue weighted by molar-refractivity contribution is 5.90. The van der Waals surface area contributed by atoms with Crippen molar-refractivity contribution in [3.05, 3.63) is 54.2 Å². The molecule has 3 rings (SSSR count). The molecule has 0 saturated carbocycles. The Balaban J connectivity index is 1.75. The van der Waals surface area contributed by atoms with Gasteiger partial charge >= 0.3 is 12.1 Å². The molecular weight excluding hydrogens is 372 g/mol. The minimum atomic E-state index is -0.491. The Hall–Kier alpha value is -3.48. The molecule has 3 aromatic rings. The third-order valence-corrected chi connectivity index (χ3v) is 4.81. The maximum Gasteiger partial charge on any atom is 0.419 e. The van der Waals surface area contributed by atoms with Gasteiger partial charge in [-0.05, 0) is 48.4 Å². The van der Waals surface area contributed by atoms with Crippen LogP contribution in [0, 0.1) is 0 Å². The second kappa shape index (κ2) is 8.68. The molecule has 0 saturated heterocycles. The van der Waals surface area contributed by atoms with Crippen LogP contribution in [0.3, 0.4) is 0 Å². The van der Waals surface area contributed by atoms with Crippen LogP contribution in [0.5, 0.6) is 11.5 Å². The van der Waals surface area contributed by atoms with Crippen molar-refractivity contribution in [3.63, 3.8) is 0 Å². The Morgan fingerprint density at radius 2 is 1.72 bits per heavy atom. The first kappa shape index (κ1) is 20.3. The Kier molecular flexibility index (Phi) is 6.07. The van der Waals surface area contributed by atoms with E-state index in [1.165, 1.54) is 12.0 Å². The van der Waals surface area contributed by atoms with E-state index in [9.17, 15) is 9.59 Å². The molecule has 0 atom stereocenters. The van der Waals surface area contributed by atoms with E-state index >= 15 is 0 Å². The Morgan fingerprint density at radius 3 is 2.38 bits per heavy atom. The van der Waals surface area contributed by atoms with Gasteiger partial charge in [0, 0.05) is 43.9 Å². The van der Waals surface area contributed by atoms with Crippen LogP contribution in [0.25, 0.3) is 10.9 Å². The highest BCUT2D eigenvalue weighted by Crippen LogP contribution is 2.27. The molecule has 0 radical (unpaired) electrons. The predicted octanol–water partition coefficient (Wildman–Crippen LogP) is 3.93. The topological polar surface area (TPSA) is 70.0 Å². The zero-order chi connectivity index (χ0) is 21.0. The van der Waals surface area contributed by atoms with Crippen LogP contribution in [0.15, 0.2) is 48.7 Å². The van der Waals surface area contributed by atoms with Crippen LogP contribution in [0.2, 0.25) is 0 Å². The summed E-state index contributed by atoms with van der Waals surface area (Å²) in [7, 11) is 6.54. The Morgan fingerprint density at radius 1 is 1.03 bits per heavy atom. The molecule has 0 aliphatic heterocycles. The molecule has 1 aromatic heterocycles. The van der Waals surface area contributed by atoms with Crippen LogP contribution in [-0.4, -0.2) is 37.9 Å². The molecular formula is C22H24N2O5. The van der Waals surface area contributed by atoms with E-state index in [-0.39, 0.29) is 5.97 Å². The average molecular weight is 396 g/mol. The highest BCUT2D eigenvalue weighted by Gasteiger charge is 2.15. The molecule has 7 heteroatoms. The standard InChI is InChI=1S/C22H24N2O5/c1-23-14-15(5-12-21(25)28-4)19-11-10-18(13-20(19)23)29-22(26)24(2)16-6-8-17(27-3)9-7-16/h6-11,13-14H,5,12H2,1-4H3. The number of carbonyl (C=O) groups is 2. The van der Waals surface area contributed by atoms with Gasteiger partial charge in [0.2, 0.25) is 0 Å². The van der Waals surface area contributed by atoms with Gasteiger partial charge < -0.3 is 18.8 Å². The molecule has 0 aliphatic rings. The summed E-state index contributed by atoms with van der Waals surface area (Å²) in [6, 6.07) is 12.6. The zero-order valence-electron chi connectivity index (χ0n) is 17.0. The molecule has 0 unspecified atom stereocenters. The number of aryl methyl sites for hydroxylation is 2. The number of fused-ring (bicyclic) bond motifs is 1. The van der Waals surface area contributed by atoms with Gasteiger partial charge in [0.05, 0.1) is 19.7 Å². The molecule has 1 amide bonds. The van der Waals surface area contributed by atoms with Crippen LogP contribution < -0.4 is 14.4 Å². The van der Waals surface area contributed by atoms with Crippen molar-refractivity contribution in [2.24, 2.45) is 7.05 Å². The molecule has 0 fully saturated rings. The summed E-state index contributed by atoms with van der Waals surface area (Å²) in [5.41, 5.74) is 2.66. The summed E-state index contributed by atoms with van der Waals surface area (Å²) in [5.74, 6) is 0.922. The summed E-state index contributed by atoms with van der Waals surface area (Å²) in [4.78, 5) is 25.4. The van der Waals surface area contributed by atoms with Crippen LogP contribution in [0.4, 0.5) is 10.5 Å². The summed E-state index contributed by atoms with van der Waals surface area (Å²) >= 11 is 0. The fourth-order valence-electron chi connectivity index (χ4n) is 3.13. The van der Waals surface area contributed by atoms with Gasteiger partial charge in [-0.15, -0.1) is 0 Å². The van der Waals surface area contributed by atoms with E-state index < -0.39 is 6.09 Å². The smallest absolute Gasteiger partial charge is 0.419 e. The summed E-state index contributed by atoms with van der Waals surface area (Å²) in [6.07, 6.45) is 2.39. The fourth-order valence-corrected chi connectivity index (χ4v) is 3.13. The van der Waals surface area contributed by atoms with Crippen LogP contribution in [0.1, 0.15) is 12.0 Å². The number of aromatic nitrogens is 1. The zero-order valence-corrected chi connectivity index (χ0v) is 17.0. The quantitative estimate of drug-likeness (QED) is 0.591. The molecule has 0 bridgehead atoms. The molecule has 152 valence electrons. The monoisotopic (exact) mass is 396 g/mol. The van der Waals surface area contributed by atoms with Gasteiger partial charge in [-0.3, -0.25) is 9.69 Å². The fraction of sp³-hybridized carbons (Fsp3) is 0.273. The van der Waals surface area contributed by atoms with E-state index in [1.807, 2.05) is 29.9 Å². The number of methoxy groups -OCH3 is 2. The van der Waals surface area contributed by atoms with Gasteiger partial charge in [-0.1, -0.05) is 0 Å². The number of anilines is 1. The third kappa shape index (κ3) is 4.51. The van der Waals surface area contributed by atoms with E-state index in [1.54, 1.807) is 44.5 Å². The minimum Gasteiger partial charge on any atom is -0.497 e. The average Bonchev–Trinajstić information content (AvgIpc) is 3.06. The first-order chi connectivity index (χ1) is 13.9. The number of hydrogen-bond donors (Lipinski definition) is 0. The molecule has 0 spiro atoms. The second-order valence-corrected chi connectivity index (χ2v) is 6.65. The molecule has 29 heavy (non-hydrogen) atoms. The number of esters is 1. The SMILES string of the molecule is COC(=O)CCc1cn(C)c2cc(OC(=O)N(C)c3ccc(OC)cc3)ccc12. The lowest BCUT2D eigenvalue weighted by Gasteiger charge is -2.17. The molecule has 2 aromatic carbocycles. The van der Waals surface area contributed by atoms with Crippen LogP contribution >= 0.6 is 0 Å². The first-order valence-corrected chi connectivity index (χ1v) is 9.17. The van der Waals surface area contributed by atoms with Crippen LogP contribution in [-0.2, 0) is 23.0 Å². The summed E-state index contributed by atoms with van der Waals surface area (Å²) in [5, 5.41) is 1.01. The number of benzene rings is 2. The lowest BCUT2D eigenvalue weighted by Crippen LogP contribution is -2.29. The van der Waals surface area contributed by atoms with E-state index in [4.69, 9.17) is 14.2 Å². The number of nitrogens with zero attached hydrogens (tertiary/aromatic N) is 2. The summed E-state index contributed by atoms with van der Waals surface area (Å²) in [6.45, 7) is 0.